The highest BCUT2D eigenvalue weighted by atomic mass is 16.2. The largest absolute Gasteiger partial charge is 0.273 e. The summed E-state index contributed by atoms with van der Waals surface area (Å²) in [5.41, 5.74) is 5.72. The topological polar surface area (TPSA) is 41.5 Å². The molecule has 0 saturated carbocycles. The van der Waals surface area contributed by atoms with Crippen LogP contribution in [0.1, 0.15) is 43.7 Å². The van der Waals surface area contributed by atoms with Gasteiger partial charge in [-0.25, -0.2) is 5.43 Å². The van der Waals surface area contributed by atoms with Crippen LogP contribution in [0.15, 0.2) is 65.8 Å². The van der Waals surface area contributed by atoms with E-state index < -0.39 is 0 Å². The van der Waals surface area contributed by atoms with E-state index in [4.69, 9.17) is 0 Å². The van der Waals surface area contributed by atoms with Crippen molar-refractivity contribution in [2.24, 2.45) is 5.10 Å². The zero-order valence-electron chi connectivity index (χ0n) is 13.7. The van der Waals surface area contributed by atoms with Crippen LogP contribution in [-0.2, 0) is 11.2 Å². The molecule has 0 aliphatic rings. The molecule has 1 N–H and O–H groups in total. The van der Waals surface area contributed by atoms with Crippen molar-refractivity contribution in [1.29, 1.82) is 0 Å². The predicted molar refractivity (Wildman–Crippen MR) is 95.4 cm³/mol. The number of unbranched alkanes of at least 4 members (excludes halogenated alkanes) is 2. The van der Waals surface area contributed by atoms with Gasteiger partial charge in [-0.3, -0.25) is 4.79 Å². The molecule has 2 rings (SSSR count). The highest BCUT2D eigenvalue weighted by molar-refractivity contribution is 6.01. The molecule has 0 aliphatic heterocycles. The van der Waals surface area contributed by atoms with Crippen molar-refractivity contribution < 1.29 is 4.79 Å². The van der Waals surface area contributed by atoms with E-state index in [9.17, 15) is 4.79 Å². The van der Waals surface area contributed by atoms with Gasteiger partial charge in [-0.05, 0) is 24.0 Å². The number of hydrogen-bond donors (Lipinski definition) is 1. The van der Waals surface area contributed by atoms with Crippen LogP contribution >= 0.6 is 0 Å². The molecule has 0 unspecified atom stereocenters. The Labute approximate surface area is 138 Å². The fourth-order valence-electron chi connectivity index (χ4n) is 2.39. The molecule has 3 heteroatoms. The molecule has 0 bridgehead atoms. The third-order valence-electron chi connectivity index (χ3n) is 3.65. The van der Waals surface area contributed by atoms with Crippen molar-refractivity contribution in [2.75, 3.05) is 0 Å². The Morgan fingerprint density at radius 2 is 1.61 bits per heavy atom. The average Bonchev–Trinajstić information content (AvgIpc) is 2.59. The van der Waals surface area contributed by atoms with Gasteiger partial charge in [0.25, 0.3) is 0 Å². The van der Waals surface area contributed by atoms with E-state index in [1.807, 2.05) is 60.7 Å². The fourth-order valence-corrected chi connectivity index (χ4v) is 2.39. The normalized spacial score (nSPS) is 11.3. The third kappa shape index (κ3) is 6.07. The molecule has 0 aliphatic carbocycles. The minimum atomic E-state index is -0.0832. The van der Waals surface area contributed by atoms with E-state index in [0.29, 0.717) is 6.42 Å². The smallest absolute Gasteiger partial charge is 0.244 e. The SMILES string of the molecule is CCCCCC(=NNC(=O)Cc1ccccc1)c1ccccc1. The number of hydrazone groups is 1. The molecule has 0 radical (unpaired) electrons. The van der Waals surface area contributed by atoms with Crippen molar-refractivity contribution in [1.82, 2.24) is 5.43 Å². The Bertz CT molecular complexity index is 621. The number of carbonyl (C=O) groups is 1. The first-order valence-corrected chi connectivity index (χ1v) is 8.24. The van der Waals surface area contributed by atoms with Crippen LogP contribution in [0.5, 0.6) is 0 Å². The molecule has 0 atom stereocenters. The first kappa shape index (κ1) is 16.9. The van der Waals surface area contributed by atoms with Crippen molar-refractivity contribution in [2.45, 2.75) is 39.0 Å². The quantitative estimate of drug-likeness (QED) is 0.440. The van der Waals surface area contributed by atoms with Crippen LogP contribution in [0.25, 0.3) is 0 Å². The maximum Gasteiger partial charge on any atom is 0.244 e. The molecule has 23 heavy (non-hydrogen) atoms. The van der Waals surface area contributed by atoms with Crippen molar-refractivity contribution in [3.8, 4) is 0 Å². The van der Waals surface area contributed by atoms with E-state index in [1.165, 1.54) is 12.8 Å². The second-order valence-electron chi connectivity index (χ2n) is 5.58. The Morgan fingerprint density at radius 1 is 0.957 bits per heavy atom. The van der Waals surface area contributed by atoms with Gasteiger partial charge in [0, 0.05) is 0 Å². The van der Waals surface area contributed by atoms with E-state index >= 15 is 0 Å². The van der Waals surface area contributed by atoms with Crippen LogP contribution in [0, 0.1) is 0 Å². The molecule has 0 fully saturated rings. The molecule has 0 spiro atoms. The number of hydrogen-bond acceptors (Lipinski definition) is 2. The lowest BCUT2D eigenvalue weighted by atomic mass is 10.0. The van der Waals surface area contributed by atoms with Gasteiger partial charge in [0.1, 0.15) is 0 Å². The zero-order valence-corrected chi connectivity index (χ0v) is 13.7. The second kappa shape index (κ2) is 9.57. The number of rotatable bonds is 8. The minimum Gasteiger partial charge on any atom is -0.273 e. The molecule has 0 aromatic heterocycles. The van der Waals surface area contributed by atoms with Gasteiger partial charge in [-0.2, -0.15) is 5.10 Å². The van der Waals surface area contributed by atoms with Gasteiger partial charge in [-0.15, -0.1) is 0 Å². The van der Waals surface area contributed by atoms with Crippen LogP contribution in [-0.4, -0.2) is 11.6 Å². The van der Waals surface area contributed by atoms with Gasteiger partial charge < -0.3 is 0 Å². The van der Waals surface area contributed by atoms with Crippen LogP contribution in [0.2, 0.25) is 0 Å². The van der Waals surface area contributed by atoms with Crippen molar-refractivity contribution in [3.63, 3.8) is 0 Å². The molecule has 2 aromatic carbocycles. The number of carbonyl (C=O) groups excluding carboxylic acids is 1. The highest BCUT2D eigenvalue weighted by Crippen LogP contribution is 2.09. The molecule has 120 valence electrons. The lowest BCUT2D eigenvalue weighted by molar-refractivity contribution is -0.120. The molecule has 3 nitrogen and oxygen atoms in total. The van der Waals surface area contributed by atoms with E-state index in [2.05, 4.69) is 17.5 Å². The summed E-state index contributed by atoms with van der Waals surface area (Å²) in [6.07, 6.45) is 4.65. The first-order chi connectivity index (χ1) is 11.3. The summed E-state index contributed by atoms with van der Waals surface area (Å²) >= 11 is 0. The summed E-state index contributed by atoms with van der Waals surface area (Å²) in [5.74, 6) is -0.0832. The average molecular weight is 308 g/mol. The summed E-state index contributed by atoms with van der Waals surface area (Å²) in [5, 5.41) is 4.38. The third-order valence-corrected chi connectivity index (χ3v) is 3.65. The molecular formula is C20H24N2O. The molecule has 0 saturated heterocycles. The summed E-state index contributed by atoms with van der Waals surface area (Å²) in [6.45, 7) is 2.18. The van der Waals surface area contributed by atoms with E-state index in [1.54, 1.807) is 0 Å². The Morgan fingerprint density at radius 3 is 2.26 bits per heavy atom. The van der Waals surface area contributed by atoms with Crippen molar-refractivity contribution in [3.05, 3.63) is 71.8 Å². The second-order valence-corrected chi connectivity index (χ2v) is 5.58. The number of amides is 1. The summed E-state index contributed by atoms with van der Waals surface area (Å²) in [6, 6.07) is 19.8. The maximum atomic E-state index is 12.1. The summed E-state index contributed by atoms with van der Waals surface area (Å²) in [4.78, 5) is 12.1. The van der Waals surface area contributed by atoms with Crippen molar-refractivity contribution >= 4 is 11.6 Å². The lowest BCUT2D eigenvalue weighted by Crippen LogP contribution is -2.22. The number of nitrogens with one attached hydrogen (secondary N) is 1. The zero-order chi connectivity index (χ0) is 16.3. The fraction of sp³-hybridized carbons (Fsp3) is 0.300. The number of nitrogens with zero attached hydrogens (tertiary/aromatic N) is 1. The van der Waals surface area contributed by atoms with Crippen LogP contribution in [0.4, 0.5) is 0 Å². The maximum absolute atomic E-state index is 12.1. The number of benzene rings is 2. The Kier molecular flexibility index (Phi) is 7.05. The highest BCUT2D eigenvalue weighted by Gasteiger charge is 2.06. The summed E-state index contributed by atoms with van der Waals surface area (Å²) in [7, 11) is 0. The monoisotopic (exact) mass is 308 g/mol. The first-order valence-electron chi connectivity index (χ1n) is 8.24. The molecule has 1 amide bonds. The van der Waals surface area contributed by atoms with Crippen LogP contribution in [0.3, 0.4) is 0 Å². The van der Waals surface area contributed by atoms with Gasteiger partial charge in [0.15, 0.2) is 0 Å². The Hall–Kier alpha value is -2.42. The van der Waals surface area contributed by atoms with Gasteiger partial charge in [0.05, 0.1) is 12.1 Å². The van der Waals surface area contributed by atoms with E-state index in [0.717, 1.165) is 29.7 Å². The molecule has 0 heterocycles. The molecular weight excluding hydrogens is 284 g/mol. The Balaban J connectivity index is 2.00. The standard InChI is InChI=1S/C20H24N2O/c1-2-3-6-15-19(18-13-9-5-10-14-18)21-22-20(23)16-17-11-7-4-8-12-17/h4-5,7-14H,2-3,6,15-16H2,1H3,(H,22,23). The van der Waals surface area contributed by atoms with Gasteiger partial charge >= 0.3 is 0 Å². The van der Waals surface area contributed by atoms with Gasteiger partial charge in [-0.1, -0.05) is 80.4 Å². The minimum absolute atomic E-state index is 0.0832. The van der Waals surface area contributed by atoms with E-state index in [-0.39, 0.29) is 5.91 Å². The summed E-state index contributed by atoms with van der Waals surface area (Å²) < 4.78 is 0. The van der Waals surface area contributed by atoms with Crippen LogP contribution < -0.4 is 5.43 Å². The molecule has 2 aromatic rings. The lowest BCUT2D eigenvalue weighted by Gasteiger charge is -2.07. The van der Waals surface area contributed by atoms with Gasteiger partial charge in [0.2, 0.25) is 5.91 Å². The predicted octanol–water partition coefficient (Wildman–Crippen LogP) is 4.33.